The minimum absolute atomic E-state index is 0.220. The number of hydrogen-bond donors (Lipinski definition) is 0. The van der Waals surface area contributed by atoms with Crippen LogP contribution in [-0.2, 0) is 16.1 Å². The van der Waals surface area contributed by atoms with Crippen molar-refractivity contribution in [3.8, 4) is 23.0 Å². The van der Waals surface area contributed by atoms with Crippen molar-refractivity contribution in [1.29, 1.82) is 0 Å². The van der Waals surface area contributed by atoms with Gasteiger partial charge in [0, 0.05) is 15.3 Å². The van der Waals surface area contributed by atoms with Gasteiger partial charge in [-0.1, -0.05) is 59.9 Å². The van der Waals surface area contributed by atoms with E-state index in [0.717, 1.165) is 19.9 Å². The molecule has 0 bridgehead atoms. The van der Waals surface area contributed by atoms with E-state index in [4.69, 9.17) is 23.7 Å². The molecule has 5 aromatic rings. The van der Waals surface area contributed by atoms with Crippen LogP contribution in [-0.4, -0.2) is 38.0 Å². The van der Waals surface area contributed by atoms with E-state index in [1.165, 1.54) is 29.2 Å². The molecule has 48 heavy (non-hydrogen) atoms. The SMILES string of the molecule is CCOc1ccc([C@H]2C(C(=O)OC)=CN=c3s/c(=C/c4cc(I)cc(OC)c4OCc4cccc5ccccc45)c(=O)n32)cc1OCC. The lowest BCUT2D eigenvalue weighted by atomic mass is 9.97. The molecule has 0 radical (unpaired) electrons. The summed E-state index contributed by atoms with van der Waals surface area (Å²) in [4.78, 5) is 32.3. The number of esters is 1. The molecule has 1 aliphatic rings. The van der Waals surface area contributed by atoms with Crippen LogP contribution in [0.15, 0.2) is 94.4 Å². The molecule has 0 aliphatic carbocycles. The molecule has 2 heterocycles. The van der Waals surface area contributed by atoms with E-state index >= 15 is 0 Å². The average Bonchev–Trinajstić information content (AvgIpc) is 3.42. The van der Waals surface area contributed by atoms with Crippen molar-refractivity contribution in [2.45, 2.75) is 26.5 Å². The Labute approximate surface area is 294 Å². The van der Waals surface area contributed by atoms with E-state index in [9.17, 15) is 9.59 Å². The van der Waals surface area contributed by atoms with Crippen LogP contribution >= 0.6 is 33.9 Å². The van der Waals surface area contributed by atoms with Crippen LogP contribution in [0, 0.1) is 3.57 Å². The van der Waals surface area contributed by atoms with Crippen molar-refractivity contribution in [3.63, 3.8) is 0 Å². The second-order valence-corrected chi connectivity index (χ2v) is 13.0. The molecular weight excluding hydrogens is 743 g/mol. The molecule has 0 saturated heterocycles. The molecule has 0 unspecified atom stereocenters. The zero-order chi connectivity index (χ0) is 33.8. The van der Waals surface area contributed by atoms with Crippen molar-refractivity contribution >= 4 is 56.7 Å². The van der Waals surface area contributed by atoms with E-state index in [2.05, 4.69) is 45.8 Å². The first-order valence-electron chi connectivity index (χ1n) is 15.3. The van der Waals surface area contributed by atoms with Crippen LogP contribution in [0.25, 0.3) is 16.8 Å². The van der Waals surface area contributed by atoms with Gasteiger partial charge in [0.2, 0.25) is 0 Å². The van der Waals surface area contributed by atoms with Gasteiger partial charge in [-0.2, -0.15) is 0 Å². The van der Waals surface area contributed by atoms with E-state index < -0.39 is 12.0 Å². The summed E-state index contributed by atoms with van der Waals surface area (Å²) >= 11 is 3.44. The number of hydrogen-bond acceptors (Lipinski definition) is 9. The molecule has 1 aromatic heterocycles. The van der Waals surface area contributed by atoms with Crippen molar-refractivity contribution in [2.24, 2.45) is 4.99 Å². The normalized spacial score (nSPS) is 14.1. The molecule has 246 valence electrons. The standard InChI is InChI=1S/C37H33IN2O7S/c1-5-45-29-15-14-23(17-30(29)46-6-2)33-28(36(42)44-4)20-39-37-40(33)35(41)32(48-37)18-25-16-26(38)19-31(43-3)34(25)47-21-24-12-9-11-22-10-7-8-13-27(22)24/h7-20,33H,5-6,21H2,1-4H3/b32-18+/t33-/m0/s1. The summed E-state index contributed by atoms with van der Waals surface area (Å²) in [6.07, 6.45) is 3.26. The predicted molar refractivity (Wildman–Crippen MR) is 194 cm³/mol. The average molecular weight is 777 g/mol. The Morgan fingerprint density at radius 2 is 1.71 bits per heavy atom. The van der Waals surface area contributed by atoms with E-state index in [0.29, 0.717) is 63.3 Å². The van der Waals surface area contributed by atoms with Gasteiger partial charge in [-0.25, -0.2) is 9.79 Å². The fraction of sp³-hybridized carbons (Fsp3) is 0.216. The maximum absolute atomic E-state index is 14.3. The third-order valence-corrected chi connectivity index (χ3v) is 9.43. The highest BCUT2D eigenvalue weighted by atomic mass is 127. The first-order valence-corrected chi connectivity index (χ1v) is 17.2. The van der Waals surface area contributed by atoms with Crippen LogP contribution < -0.4 is 33.8 Å². The van der Waals surface area contributed by atoms with Gasteiger partial charge in [-0.3, -0.25) is 9.36 Å². The van der Waals surface area contributed by atoms with Crippen LogP contribution in [0.5, 0.6) is 23.0 Å². The molecule has 0 fully saturated rings. The lowest BCUT2D eigenvalue weighted by Gasteiger charge is -2.23. The summed E-state index contributed by atoms with van der Waals surface area (Å²) in [5, 5.41) is 2.22. The first-order chi connectivity index (χ1) is 23.4. The summed E-state index contributed by atoms with van der Waals surface area (Å²) < 4.78 is 31.8. The van der Waals surface area contributed by atoms with Gasteiger partial charge >= 0.3 is 5.97 Å². The van der Waals surface area contributed by atoms with Crippen LogP contribution in [0.2, 0.25) is 0 Å². The smallest absolute Gasteiger partial charge is 0.337 e. The molecule has 11 heteroatoms. The number of halogens is 1. The summed E-state index contributed by atoms with van der Waals surface area (Å²) in [5.74, 6) is 1.56. The van der Waals surface area contributed by atoms with Crippen molar-refractivity contribution in [1.82, 2.24) is 4.57 Å². The highest BCUT2D eigenvalue weighted by Crippen LogP contribution is 2.37. The second-order valence-electron chi connectivity index (χ2n) is 10.7. The lowest BCUT2D eigenvalue weighted by Crippen LogP contribution is -2.39. The number of thiazole rings is 1. The summed E-state index contributed by atoms with van der Waals surface area (Å²) in [6.45, 7) is 4.94. The van der Waals surface area contributed by atoms with E-state index in [1.54, 1.807) is 25.3 Å². The lowest BCUT2D eigenvalue weighted by molar-refractivity contribution is -0.136. The number of ether oxygens (including phenoxy) is 5. The highest BCUT2D eigenvalue weighted by molar-refractivity contribution is 14.1. The largest absolute Gasteiger partial charge is 0.493 e. The predicted octanol–water partition coefficient (Wildman–Crippen LogP) is 6.16. The van der Waals surface area contributed by atoms with Gasteiger partial charge in [0.05, 0.1) is 43.6 Å². The monoisotopic (exact) mass is 776 g/mol. The Balaban J connectivity index is 1.47. The molecule has 0 saturated carbocycles. The number of nitrogens with zero attached hydrogens (tertiary/aromatic N) is 2. The van der Waals surface area contributed by atoms with Gasteiger partial charge in [-0.15, -0.1) is 0 Å². The van der Waals surface area contributed by atoms with Crippen LogP contribution in [0.4, 0.5) is 0 Å². The van der Waals surface area contributed by atoms with Crippen molar-refractivity contribution in [3.05, 3.63) is 125 Å². The van der Waals surface area contributed by atoms with Crippen LogP contribution in [0.3, 0.4) is 0 Å². The number of methoxy groups -OCH3 is 2. The molecule has 0 amide bonds. The molecule has 6 rings (SSSR count). The minimum Gasteiger partial charge on any atom is -0.493 e. The fourth-order valence-corrected chi connectivity index (χ4v) is 7.28. The Morgan fingerprint density at radius 3 is 2.48 bits per heavy atom. The summed E-state index contributed by atoms with van der Waals surface area (Å²) in [7, 11) is 2.90. The third kappa shape index (κ3) is 6.56. The van der Waals surface area contributed by atoms with Gasteiger partial charge < -0.3 is 23.7 Å². The van der Waals surface area contributed by atoms with E-state index in [-0.39, 0.29) is 11.1 Å². The maximum Gasteiger partial charge on any atom is 0.337 e. The molecule has 0 spiro atoms. The second kappa shape index (κ2) is 14.7. The maximum atomic E-state index is 14.3. The highest BCUT2D eigenvalue weighted by Gasteiger charge is 2.31. The molecule has 1 aliphatic heterocycles. The van der Waals surface area contributed by atoms with Crippen molar-refractivity contribution in [2.75, 3.05) is 27.4 Å². The minimum atomic E-state index is -0.807. The van der Waals surface area contributed by atoms with Gasteiger partial charge in [0.15, 0.2) is 27.8 Å². The Hall–Kier alpha value is -4.62. The van der Waals surface area contributed by atoms with Crippen molar-refractivity contribution < 1.29 is 28.5 Å². The number of carbonyl (C=O) groups excluding carboxylic acids is 1. The molecule has 4 aromatic carbocycles. The molecule has 9 nitrogen and oxygen atoms in total. The summed E-state index contributed by atoms with van der Waals surface area (Å²) in [6, 6.07) is 22.7. The Kier molecular flexibility index (Phi) is 10.2. The quantitative estimate of drug-likeness (QED) is 0.117. The number of fused-ring (bicyclic) bond motifs is 2. The zero-order valence-corrected chi connectivity index (χ0v) is 29.8. The summed E-state index contributed by atoms with van der Waals surface area (Å²) in [5.41, 5.74) is 2.25. The van der Waals surface area contributed by atoms with E-state index in [1.807, 2.05) is 56.3 Å². The van der Waals surface area contributed by atoms with Gasteiger partial charge in [-0.05, 0) is 88.7 Å². The third-order valence-electron chi connectivity index (χ3n) is 7.81. The first kappa shape index (κ1) is 33.3. The Morgan fingerprint density at radius 1 is 0.938 bits per heavy atom. The number of rotatable bonds is 11. The molecule has 1 atom stereocenters. The topological polar surface area (TPSA) is 97.6 Å². The number of carbonyl (C=O) groups is 1. The number of benzene rings is 4. The fourth-order valence-electron chi connectivity index (χ4n) is 5.70. The molecule has 0 N–H and O–H groups in total. The van der Waals surface area contributed by atoms with Gasteiger partial charge in [0.25, 0.3) is 5.56 Å². The van der Waals surface area contributed by atoms with Gasteiger partial charge in [0.1, 0.15) is 6.61 Å². The number of aromatic nitrogens is 1. The zero-order valence-electron chi connectivity index (χ0n) is 26.8. The van der Waals surface area contributed by atoms with Crippen LogP contribution in [0.1, 0.15) is 36.6 Å². The molecular formula is C37H33IN2O7S. The Bertz CT molecular complexity index is 2220.